The van der Waals surface area contributed by atoms with E-state index in [1.165, 1.54) is 4.90 Å². The minimum Gasteiger partial charge on any atom is -0.493 e. The van der Waals surface area contributed by atoms with Crippen LogP contribution in [0.4, 0.5) is 5.69 Å². The van der Waals surface area contributed by atoms with Gasteiger partial charge in [-0.15, -0.1) is 6.58 Å². The lowest BCUT2D eigenvalue weighted by Gasteiger charge is -2.30. The normalized spacial score (nSPS) is 15.1. The quantitative estimate of drug-likeness (QED) is 0.295. The number of hydrogen-bond acceptors (Lipinski definition) is 5. The lowest BCUT2D eigenvalue weighted by atomic mass is 10.0. The van der Waals surface area contributed by atoms with E-state index in [4.69, 9.17) is 21.7 Å². The van der Waals surface area contributed by atoms with Gasteiger partial charge in [-0.3, -0.25) is 19.8 Å². The number of allylic oxidation sites excluding steroid dienone is 1. The largest absolute Gasteiger partial charge is 0.493 e. The molecule has 0 bridgehead atoms. The maximum atomic E-state index is 13.4. The van der Waals surface area contributed by atoms with Crippen LogP contribution in [-0.2, 0) is 16.0 Å². The van der Waals surface area contributed by atoms with Crippen LogP contribution in [-0.4, -0.2) is 30.6 Å². The summed E-state index contributed by atoms with van der Waals surface area (Å²) >= 11 is 5.33. The number of methoxy groups -OCH3 is 1. The molecule has 0 aromatic heterocycles. The summed E-state index contributed by atoms with van der Waals surface area (Å²) in [6.45, 7) is 9.94. The SMILES string of the molecule is C=CCc1cc(/C=C2\C(=O)NC(=S)N(c3cc(C)ccc3C)C2=O)cc(OCC)c1OC. The van der Waals surface area contributed by atoms with Crippen molar-refractivity contribution < 1.29 is 19.1 Å². The third-order valence-corrected chi connectivity index (χ3v) is 5.33. The average Bonchev–Trinajstić information content (AvgIpc) is 2.74. The Hall–Kier alpha value is -3.45. The molecular formula is C25H26N2O4S. The molecule has 0 aliphatic carbocycles. The summed E-state index contributed by atoms with van der Waals surface area (Å²) in [6.07, 6.45) is 3.84. The number of anilines is 1. The summed E-state index contributed by atoms with van der Waals surface area (Å²) in [5.74, 6) is 0.116. The van der Waals surface area contributed by atoms with Gasteiger partial charge < -0.3 is 9.47 Å². The van der Waals surface area contributed by atoms with Gasteiger partial charge in [-0.05, 0) is 80.4 Å². The molecule has 2 aromatic carbocycles. The first kappa shape index (κ1) is 23.2. The second-order valence-corrected chi connectivity index (χ2v) is 7.77. The zero-order valence-corrected chi connectivity index (χ0v) is 19.5. The van der Waals surface area contributed by atoms with Crippen molar-refractivity contribution in [3.63, 3.8) is 0 Å². The van der Waals surface area contributed by atoms with Gasteiger partial charge in [0.05, 0.1) is 19.4 Å². The Balaban J connectivity index is 2.11. The fourth-order valence-corrected chi connectivity index (χ4v) is 3.85. The molecule has 1 saturated heterocycles. The van der Waals surface area contributed by atoms with E-state index in [0.717, 1.165) is 16.7 Å². The average molecular weight is 451 g/mol. The number of thiocarbonyl (C=S) groups is 1. The first-order valence-electron chi connectivity index (χ1n) is 10.2. The van der Waals surface area contributed by atoms with E-state index in [1.54, 1.807) is 25.3 Å². The molecule has 166 valence electrons. The van der Waals surface area contributed by atoms with Crippen molar-refractivity contribution in [3.8, 4) is 11.5 Å². The van der Waals surface area contributed by atoms with Gasteiger partial charge in [0, 0.05) is 5.56 Å². The number of aryl methyl sites for hydroxylation is 2. The molecule has 32 heavy (non-hydrogen) atoms. The van der Waals surface area contributed by atoms with Crippen LogP contribution in [0.3, 0.4) is 0 Å². The number of nitrogens with one attached hydrogen (secondary N) is 1. The highest BCUT2D eigenvalue weighted by Gasteiger charge is 2.35. The molecule has 1 heterocycles. The van der Waals surface area contributed by atoms with E-state index in [1.807, 2.05) is 45.0 Å². The van der Waals surface area contributed by atoms with Crippen LogP contribution in [0.5, 0.6) is 11.5 Å². The van der Waals surface area contributed by atoms with E-state index in [-0.39, 0.29) is 10.7 Å². The van der Waals surface area contributed by atoms with Crippen molar-refractivity contribution in [2.45, 2.75) is 27.2 Å². The highest BCUT2D eigenvalue weighted by molar-refractivity contribution is 7.80. The Morgan fingerprint density at radius 2 is 1.94 bits per heavy atom. The van der Waals surface area contributed by atoms with Crippen molar-refractivity contribution in [1.29, 1.82) is 0 Å². The second-order valence-electron chi connectivity index (χ2n) is 7.39. The van der Waals surface area contributed by atoms with E-state index in [9.17, 15) is 9.59 Å². The van der Waals surface area contributed by atoms with Gasteiger partial charge in [0.2, 0.25) is 0 Å². The first-order valence-corrected chi connectivity index (χ1v) is 10.6. The van der Waals surface area contributed by atoms with Crippen LogP contribution in [0.15, 0.2) is 48.6 Å². The molecule has 2 aromatic rings. The standard InChI is InChI=1S/C25H26N2O4S/c1-6-8-18-12-17(14-21(31-7-2)22(18)30-5)13-19-23(28)26-25(32)27(24(19)29)20-11-15(3)9-10-16(20)4/h6,9-14H,1,7-8H2,2-5H3,(H,26,28,32)/b19-13+. The van der Waals surface area contributed by atoms with Crippen LogP contribution in [0, 0.1) is 13.8 Å². The third-order valence-electron chi connectivity index (χ3n) is 5.04. The lowest BCUT2D eigenvalue weighted by molar-refractivity contribution is -0.122. The maximum Gasteiger partial charge on any atom is 0.270 e. The number of carbonyl (C=O) groups is 2. The minimum absolute atomic E-state index is 0.0170. The van der Waals surface area contributed by atoms with Crippen LogP contribution >= 0.6 is 12.2 Å². The molecule has 0 atom stereocenters. The van der Waals surface area contributed by atoms with Crippen LogP contribution in [0.25, 0.3) is 6.08 Å². The van der Waals surface area contributed by atoms with Crippen LogP contribution < -0.4 is 19.7 Å². The van der Waals surface area contributed by atoms with Crippen LogP contribution in [0.1, 0.15) is 29.2 Å². The monoisotopic (exact) mass is 450 g/mol. The number of carbonyl (C=O) groups excluding carboxylic acids is 2. The van der Waals surface area contributed by atoms with Gasteiger partial charge in [-0.2, -0.15) is 0 Å². The molecule has 0 unspecified atom stereocenters. The van der Waals surface area contributed by atoms with Crippen molar-refractivity contribution in [2.24, 2.45) is 0 Å². The lowest BCUT2D eigenvalue weighted by Crippen LogP contribution is -2.54. The molecule has 1 fully saturated rings. The summed E-state index contributed by atoms with van der Waals surface area (Å²) in [7, 11) is 1.57. The number of benzene rings is 2. The molecule has 0 radical (unpaired) electrons. The molecule has 0 spiro atoms. The van der Waals surface area contributed by atoms with Crippen molar-refractivity contribution >= 4 is 40.9 Å². The Bertz CT molecular complexity index is 1140. The second kappa shape index (κ2) is 9.78. The van der Waals surface area contributed by atoms with Crippen molar-refractivity contribution in [2.75, 3.05) is 18.6 Å². The molecule has 1 N–H and O–H groups in total. The molecule has 1 aliphatic rings. The Kier molecular flexibility index (Phi) is 7.10. The van der Waals surface area contributed by atoms with E-state index in [2.05, 4.69) is 11.9 Å². The maximum absolute atomic E-state index is 13.4. The van der Waals surface area contributed by atoms with Crippen LogP contribution in [0.2, 0.25) is 0 Å². The molecule has 0 saturated carbocycles. The van der Waals surface area contributed by atoms with E-state index < -0.39 is 11.8 Å². The topological polar surface area (TPSA) is 67.9 Å². The highest BCUT2D eigenvalue weighted by Crippen LogP contribution is 2.35. The number of amides is 2. The van der Waals surface area contributed by atoms with Crippen molar-refractivity contribution in [3.05, 3.63) is 70.8 Å². The molecular weight excluding hydrogens is 424 g/mol. The first-order chi connectivity index (χ1) is 15.3. The zero-order valence-electron chi connectivity index (χ0n) is 18.7. The number of ether oxygens (including phenoxy) is 2. The van der Waals surface area contributed by atoms with Gasteiger partial charge in [0.1, 0.15) is 5.57 Å². The number of nitrogens with zero attached hydrogens (tertiary/aromatic N) is 1. The zero-order chi connectivity index (χ0) is 23.4. The summed E-state index contributed by atoms with van der Waals surface area (Å²) in [5, 5.41) is 2.69. The van der Waals surface area contributed by atoms with Gasteiger partial charge >= 0.3 is 0 Å². The fourth-order valence-electron chi connectivity index (χ4n) is 3.57. The van der Waals surface area contributed by atoms with Gasteiger partial charge in [0.15, 0.2) is 16.6 Å². The van der Waals surface area contributed by atoms with Gasteiger partial charge in [-0.1, -0.05) is 18.2 Å². The van der Waals surface area contributed by atoms with E-state index >= 15 is 0 Å². The van der Waals surface area contributed by atoms with Crippen molar-refractivity contribution in [1.82, 2.24) is 5.32 Å². The molecule has 6 nitrogen and oxygen atoms in total. The third kappa shape index (κ3) is 4.57. The Morgan fingerprint density at radius 1 is 1.19 bits per heavy atom. The number of hydrogen-bond donors (Lipinski definition) is 1. The predicted octanol–water partition coefficient (Wildman–Crippen LogP) is 4.27. The summed E-state index contributed by atoms with van der Waals surface area (Å²) < 4.78 is 11.2. The molecule has 2 amide bonds. The summed E-state index contributed by atoms with van der Waals surface area (Å²) in [5.41, 5.74) is 3.95. The highest BCUT2D eigenvalue weighted by atomic mass is 32.1. The molecule has 3 rings (SSSR count). The molecule has 1 aliphatic heterocycles. The number of rotatable bonds is 7. The van der Waals surface area contributed by atoms with Gasteiger partial charge in [0.25, 0.3) is 11.8 Å². The van der Waals surface area contributed by atoms with Gasteiger partial charge in [-0.25, -0.2) is 0 Å². The molecule has 7 heteroatoms. The summed E-state index contributed by atoms with van der Waals surface area (Å²) in [4.78, 5) is 27.5. The Morgan fingerprint density at radius 3 is 2.59 bits per heavy atom. The van der Waals surface area contributed by atoms with E-state index in [0.29, 0.717) is 35.8 Å². The fraction of sp³-hybridized carbons (Fsp3) is 0.240. The Labute approximate surface area is 193 Å². The minimum atomic E-state index is -0.541. The smallest absolute Gasteiger partial charge is 0.270 e. The summed E-state index contributed by atoms with van der Waals surface area (Å²) in [6, 6.07) is 9.35. The predicted molar refractivity (Wildman–Crippen MR) is 130 cm³/mol.